The van der Waals surface area contributed by atoms with Crippen molar-refractivity contribution in [1.29, 1.82) is 0 Å². The van der Waals surface area contributed by atoms with Crippen molar-refractivity contribution in [3.63, 3.8) is 0 Å². The number of hydrogen-bond donors (Lipinski definition) is 0. The third kappa shape index (κ3) is 14.3. The molecule has 174 valence electrons. The first-order valence-electron chi connectivity index (χ1n) is 8.83. The van der Waals surface area contributed by atoms with E-state index in [2.05, 4.69) is 23.7 Å². The maximum atomic E-state index is 12.9. The zero-order chi connectivity index (χ0) is 17.1. The number of ether oxygens (including phenoxy) is 2. The van der Waals surface area contributed by atoms with Crippen LogP contribution in [0.3, 0.4) is 0 Å². The molecule has 0 unspecified atom stereocenters. The highest BCUT2D eigenvalue weighted by atomic mass is 16.6. The second-order valence-electron chi connectivity index (χ2n) is 6.39. The molecule has 0 aromatic rings. The Bertz CT molecular complexity index is 441. The lowest BCUT2D eigenvalue weighted by Gasteiger charge is -2.42. The Hall–Kier alpha value is -1.32. The number of rotatable bonds is 0. The Morgan fingerprint density at radius 1 is 0.448 bits per heavy atom. The predicted molar refractivity (Wildman–Crippen MR) is 110 cm³/mol. The molecule has 0 amide bonds. The molecule has 2 bridgehead atoms. The Balaban J connectivity index is -0.000000625. The van der Waals surface area contributed by atoms with Crippen molar-refractivity contribution in [2.75, 3.05) is 65.7 Å². The number of quaternary nitrogens is 2. The Kier molecular flexibility index (Phi) is 22.6. The molecule has 0 saturated carbocycles. The summed E-state index contributed by atoms with van der Waals surface area (Å²) in [6.45, 7) is 4.38. The number of hydroxylamine groups is 6. The summed E-state index contributed by atoms with van der Waals surface area (Å²) in [5, 5.41) is 25.8. The molecule has 0 atom stereocenters. The van der Waals surface area contributed by atoms with Crippen molar-refractivity contribution < 1.29 is 46.1 Å². The summed E-state index contributed by atoms with van der Waals surface area (Å²) in [6, 6.07) is 0. The number of nitrogens with zero attached hydrogens (tertiary/aromatic N) is 2. The van der Waals surface area contributed by atoms with Crippen LogP contribution in [0.4, 0.5) is 0 Å². The molecule has 29 heavy (non-hydrogen) atoms. The molecule has 0 aromatic heterocycles. The van der Waals surface area contributed by atoms with Gasteiger partial charge in [0, 0.05) is 0 Å². The van der Waals surface area contributed by atoms with Crippen LogP contribution in [0.2, 0.25) is 0 Å². The van der Waals surface area contributed by atoms with Gasteiger partial charge in [-0.2, -0.15) is 0 Å². The molecule has 0 aliphatic carbocycles. The molecule has 3 rings (SSSR count). The summed E-state index contributed by atoms with van der Waals surface area (Å²) < 4.78 is 10.4. The number of fused-ring (bicyclic) bond motifs is 15. The minimum Gasteiger partial charge on any atom is -0.633 e. The summed E-state index contributed by atoms with van der Waals surface area (Å²) in [4.78, 5) is 0. The van der Waals surface area contributed by atoms with Gasteiger partial charge < -0.3 is 56.6 Å². The molecule has 0 radical (unpaired) electrons. The van der Waals surface area contributed by atoms with Gasteiger partial charge in [-0.25, -0.2) is 0 Å². The van der Waals surface area contributed by atoms with E-state index in [1.165, 1.54) is 0 Å². The third-order valence-electron chi connectivity index (χ3n) is 4.49. The van der Waals surface area contributed by atoms with Crippen LogP contribution in [0.15, 0.2) is 0 Å². The van der Waals surface area contributed by atoms with E-state index >= 15 is 0 Å². The van der Waals surface area contributed by atoms with Gasteiger partial charge in [0.25, 0.3) is 0 Å². The molecule has 11 nitrogen and oxygen atoms in total. The monoisotopic (exact) mass is 426 g/mol. The van der Waals surface area contributed by atoms with E-state index in [-0.39, 0.29) is 36.7 Å². The summed E-state index contributed by atoms with van der Waals surface area (Å²) in [5.74, 6) is 12.2. The fraction of sp³-hybridized carbons (Fsp3) is 0.778. The van der Waals surface area contributed by atoms with Crippen molar-refractivity contribution >= 4 is 0 Å². The Morgan fingerprint density at radius 2 is 0.724 bits per heavy atom. The van der Waals surface area contributed by atoms with E-state index in [0.717, 1.165) is 0 Å². The van der Waals surface area contributed by atoms with Gasteiger partial charge in [0.2, 0.25) is 0 Å². The molecule has 3 aliphatic heterocycles. The first-order chi connectivity index (χ1) is 11.6. The normalized spacial score (nSPS) is 27.8. The third-order valence-corrected chi connectivity index (χ3v) is 4.49. The largest absolute Gasteiger partial charge is 0.633 e. The lowest BCUT2D eigenvalue weighted by molar-refractivity contribution is -0.880. The minimum atomic E-state index is -0.314. The van der Waals surface area contributed by atoms with Gasteiger partial charge in [0.15, 0.2) is 0 Å². The summed E-state index contributed by atoms with van der Waals surface area (Å²) in [6.07, 6.45) is 2.22. The number of hydrogen-bond acceptors (Lipinski definition) is 4. The molecule has 3 aliphatic rings. The smallest absolute Gasteiger partial charge is 0.102 e. The van der Waals surface area contributed by atoms with Crippen molar-refractivity contribution in [3.05, 3.63) is 10.4 Å². The average molecular weight is 427 g/mol. The van der Waals surface area contributed by atoms with Crippen LogP contribution in [-0.2, 0) is 9.47 Å². The zero-order valence-corrected chi connectivity index (χ0v) is 16.9. The van der Waals surface area contributed by atoms with E-state index in [0.29, 0.717) is 91.4 Å². The summed E-state index contributed by atoms with van der Waals surface area (Å²) in [5.41, 5.74) is 0. The molecular formula is C18H38N2O9. The van der Waals surface area contributed by atoms with Gasteiger partial charge >= 0.3 is 0 Å². The minimum absolute atomic E-state index is 0. The lowest BCUT2D eigenvalue weighted by Crippen LogP contribution is -2.47. The maximum absolute atomic E-state index is 12.9. The van der Waals surface area contributed by atoms with Crippen molar-refractivity contribution in [2.24, 2.45) is 0 Å². The molecule has 11 heteroatoms. The van der Waals surface area contributed by atoms with Crippen LogP contribution in [-0.4, -0.2) is 102 Å². The lowest BCUT2D eigenvalue weighted by atomic mass is 10.2. The van der Waals surface area contributed by atoms with Crippen LogP contribution in [0.25, 0.3) is 0 Å². The fourth-order valence-electron chi connectivity index (χ4n) is 2.85. The first kappa shape index (κ1) is 35.1. The quantitative estimate of drug-likeness (QED) is 0.226. The summed E-state index contributed by atoms with van der Waals surface area (Å²) >= 11 is 0. The van der Waals surface area contributed by atoms with Gasteiger partial charge in [-0.15, -0.1) is 0 Å². The van der Waals surface area contributed by atoms with Gasteiger partial charge in [0.05, 0.1) is 78.3 Å². The van der Waals surface area contributed by atoms with Crippen molar-refractivity contribution in [1.82, 2.24) is 0 Å². The predicted octanol–water partition coefficient (Wildman–Crippen LogP) is -2.88. The fourth-order valence-corrected chi connectivity index (χ4v) is 2.85. The first-order valence-corrected chi connectivity index (χ1v) is 8.83. The van der Waals surface area contributed by atoms with E-state index < -0.39 is 0 Å². The second kappa shape index (κ2) is 18.7. The Labute approximate surface area is 172 Å². The highest BCUT2D eigenvalue weighted by Crippen LogP contribution is 2.10. The molecule has 0 aromatic carbocycles. The average Bonchev–Trinajstić information content (AvgIpc) is 2.55. The van der Waals surface area contributed by atoms with Crippen LogP contribution in [0.1, 0.15) is 25.7 Å². The molecule has 3 heterocycles. The molecule has 0 spiro atoms. The maximum Gasteiger partial charge on any atom is 0.102 e. The van der Waals surface area contributed by atoms with Gasteiger partial charge in [-0.05, 0) is 0 Å². The molecular weight excluding hydrogens is 388 g/mol. The molecule has 0 fully saturated rings. The topological polar surface area (TPSA) is 222 Å². The van der Waals surface area contributed by atoms with Gasteiger partial charge in [0.1, 0.15) is 13.1 Å². The molecule has 0 saturated heterocycles. The van der Waals surface area contributed by atoms with Gasteiger partial charge in [-0.1, -0.05) is 23.7 Å². The van der Waals surface area contributed by atoms with Crippen LogP contribution in [0.5, 0.6) is 0 Å². The van der Waals surface area contributed by atoms with Crippen molar-refractivity contribution in [2.45, 2.75) is 25.7 Å². The van der Waals surface area contributed by atoms with Crippen molar-refractivity contribution in [3.8, 4) is 23.7 Å². The van der Waals surface area contributed by atoms with E-state index in [1.807, 2.05) is 0 Å². The molecule has 10 N–H and O–H groups in total. The second-order valence-corrected chi connectivity index (χ2v) is 6.39. The summed E-state index contributed by atoms with van der Waals surface area (Å²) in [7, 11) is 0. The Morgan fingerprint density at radius 3 is 1.00 bits per heavy atom. The van der Waals surface area contributed by atoms with Crippen LogP contribution < -0.4 is 0 Å². The highest BCUT2D eigenvalue weighted by Gasteiger charge is 2.18. The van der Waals surface area contributed by atoms with E-state index in [9.17, 15) is 10.4 Å². The SMILES string of the molecule is O.O.O.O.O.[O-][N+]12CCC#CCC[N+]([O-])(CCC#CCC1)CCOCCOCC2. The van der Waals surface area contributed by atoms with Crippen LogP contribution >= 0.6 is 0 Å². The van der Waals surface area contributed by atoms with E-state index in [4.69, 9.17) is 9.47 Å². The highest BCUT2D eigenvalue weighted by molar-refractivity contribution is 5.00. The zero-order valence-electron chi connectivity index (χ0n) is 16.9. The van der Waals surface area contributed by atoms with E-state index in [1.54, 1.807) is 0 Å². The van der Waals surface area contributed by atoms with Crippen LogP contribution in [0, 0.1) is 34.1 Å². The standard InChI is InChI=1S/C18H28N2O4.5H2O/c21-19-9-5-1-2-6-10-20(22,12-8-4-3-7-11-19)14-16-24-18-17-23-15-13-19;;;;;/h5-18H2;5*1H2. The van der Waals surface area contributed by atoms with Gasteiger partial charge in [-0.3, -0.25) is 0 Å².